The SMILES string of the molecule is CCN(CC1CCC(C)CC1)C1CC2CCC(C1)N2. The lowest BCUT2D eigenvalue weighted by Crippen LogP contribution is -2.49. The van der Waals surface area contributed by atoms with Gasteiger partial charge < -0.3 is 10.2 Å². The second-order valence-electron chi connectivity index (χ2n) is 7.48. The van der Waals surface area contributed by atoms with Gasteiger partial charge in [0.2, 0.25) is 0 Å². The van der Waals surface area contributed by atoms with E-state index in [1.807, 2.05) is 0 Å². The van der Waals surface area contributed by atoms with Crippen molar-refractivity contribution >= 4 is 0 Å². The van der Waals surface area contributed by atoms with Crippen molar-refractivity contribution < 1.29 is 0 Å². The summed E-state index contributed by atoms with van der Waals surface area (Å²) in [5.74, 6) is 1.98. The minimum Gasteiger partial charge on any atom is -0.311 e. The molecular weight excluding hydrogens is 232 g/mol. The first-order valence-corrected chi connectivity index (χ1v) is 8.74. The predicted octanol–water partition coefficient (Wildman–Crippen LogP) is 3.42. The van der Waals surface area contributed by atoms with Gasteiger partial charge in [0, 0.05) is 24.7 Å². The molecule has 3 fully saturated rings. The van der Waals surface area contributed by atoms with Crippen LogP contribution in [-0.2, 0) is 0 Å². The largest absolute Gasteiger partial charge is 0.311 e. The van der Waals surface area contributed by atoms with Gasteiger partial charge in [0.1, 0.15) is 0 Å². The second kappa shape index (κ2) is 6.13. The van der Waals surface area contributed by atoms with Crippen molar-refractivity contribution in [3.63, 3.8) is 0 Å². The number of nitrogens with one attached hydrogen (secondary N) is 1. The number of nitrogens with zero attached hydrogens (tertiary/aromatic N) is 1. The van der Waals surface area contributed by atoms with Crippen LogP contribution >= 0.6 is 0 Å². The first-order chi connectivity index (χ1) is 9.24. The second-order valence-corrected chi connectivity index (χ2v) is 7.48. The average Bonchev–Trinajstić information content (AvgIpc) is 2.77. The average molecular weight is 264 g/mol. The number of rotatable bonds is 4. The zero-order valence-electron chi connectivity index (χ0n) is 12.9. The van der Waals surface area contributed by atoms with Gasteiger partial charge in [-0.1, -0.05) is 26.7 Å². The van der Waals surface area contributed by atoms with Crippen molar-refractivity contribution in [3.05, 3.63) is 0 Å². The maximum Gasteiger partial charge on any atom is 0.0125 e. The predicted molar refractivity (Wildman–Crippen MR) is 81.3 cm³/mol. The number of hydrogen-bond donors (Lipinski definition) is 1. The molecule has 0 radical (unpaired) electrons. The van der Waals surface area contributed by atoms with E-state index < -0.39 is 0 Å². The molecule has 1 N–H and O–H groups in total. The molecule has 0 amide bonds. The Labute approximate surface area is 119 Å². The van der Waals surface area contributed by atoms with Gasteiger partial charge in [-0.15, -0.1) is 0 Å². The van der Waals surface area contributed by atoms with Crippen LogP contribution < -0.4 is 5.32 Å². The van der Waals surface area contributed by atoms with E-state index in [0.29, 0.717) is 0 Å². The Morgan fingerprint density at radius 2 is 1.58 bits per heavy atom. The van der Waals surface area contributed by atoms with Crippen LogP contribution in [0.5, 0.6) is 0 Å². The van der Waals surface area contributed by atoms with Gasteiger partial charge in [-0.3, -0.25) is 0 Å². The monoisotopic (exact) mass is 264 g/mol. The molecule has 2 heteroatoms. The molecule has 2 heterocycles. The highest BCUT2D eigenvalue weighted by molar-refractivity contribution is 4.95. The van der Waals surface area contributed by atoms with Gasteiger partial charge in [-0.25, -0.2) is 0 Å². The van der Waals surface area contributed by atoms with Crippen molar-refractivity contribution in [1.29, 1.82) is 0 Å². The minimum atomic E-state index is 0.837. The molecule has 2 unspecified atom stereocenters. The fourth-order valence-electron chi connectivity index (χ4n) is 4.71. The highest BCUT2D eigenvalue weighted by atomic mass is 15.2. The Morgan fingerprint density at radius 3 is 2.16 bits per heavy atom. The lowest BCUT2D eigenvalue weighted by Gasteiger charge is -2.40. The maximum absolute atomic E-state index is 3.78. The van der Waals surface area contributed by atoms with Gasteiger partial charge >= 0.3 is 0 Å². The molecule has 3 aliphatic rings. The van der Waals surface area contributed by atoms with Crippen molar-refractivity contribution in [2.75, 3.05) is 13.1 Å². The standard InChI is InChI=1S/C17H32N2/c1-3-19(12-14-6-4-13(2)5-7-14)17-10-15-8-9-16(11-17)18-15/h13-18H,3-12H2,1-2H3. The summed E-state index contributed by atoms with van der Waals surface area (Å²) in [6, 6.07) is 2.55. The highest BCUT2D eigenvalue weighted by Crippen LogP contribution is 2.33. The molecule has 0 aromatic heterocycles. The van der Waals surface area contributed by atoms with Crippen LogP contribution in [0.15, 0.2) is 0 Å². The first kappa shape index (κ1) is 13.9. The third-order valence-electron chi connectivity index (χ3n) is 6.00. The molecule has 0 spiro atoms. The van der Waals surface area contributed by atoms with Gasteiger partial charge in [0.05, 0.1) is 0 Å². The fourth-order valence-corrected chi connectivity index (χ4v) is 4.71. The molecule has 110 valence electrons. The van der Waals surface area contributed by atoms with Crippen molar-refractivity contribution in [2.24, 2.45) is 11.8 Å². The minimum absolute atomic E-state index is 0.837. The van der Waals surface area contributed by atoms with Gasteiger partial charge in [0.15, 0.2) is 0 Å². The van der Waals surface area contributed by atoms with Crippen LogP contribution in [0.25, 0.3) is 0 Å². The summed E-state index contributed by atoms with van der Waals surface area (Å²) in [6.07, 6.45) is 11.6. The lowest BCUT2D eigenvalue weighted by atomic mass is 9.82. The fraction of sp³-hybridized carbons (Fsp3) is 1.00. The van der Waals surface area contributed by atoms with E-state index >= 15 is 0 Å². The lowest BCUT2D eigenvalue weighted by molar-refractivity contribution is 0.111. The van der Waals surface area contributed by atoms with E-state index in [-0.39, 0.29) is 0 Å². The van der Waals surface area contributed by atoms with Crippen LogP contribution in [0.4, 0.5) is 0 Å². The Balaban J connectivity index is 1.52. The molecule has 2 nitrogen and oxygen atoms in total. The topological polar surface area (TPSA) is 15.3 Å². The summed E-state index contributed by atoms with van der Waals surface area (Å²) in [4.78, 5) is 2.83. The molecule has 0 aromatic rings. The quantitative estimate of drug-likeness (QED) is 0.837. The Hall–Kier alpha value is -0.0800. The van der Waals surface area contributed by atoms with E-state index in [1.54, 1.807) is 0 Å². The number of fused-ring (bicyclic) bond motifs is 2. The summed E-state index contributed by atoms with van der Waals surface area (Å²) >= 11 is 0. The number of piperidine rings is 1. The molecule has 2 aliphatic heterocycles. The zero-order valence-corrected chi connectivity index (χ0v) is 12.9. The maximum atomic E-state index is 3.78. The molecule has 1 saturated carbocycles. The molecule has 3 rings (SSSR count). The molecule has 0 aromatic carbocycles. The van der Waals surface area contributed by atoms with Crippen molar-refractivity contribution in [3.8, 4) is 0 Å². The summed E-state index contributed by atoms with van der Waals surface area (Å²) in [5, 5.41) is 3.78. The van der Waals surface area contributed by atoms with Crippen LogP contribution in [0.3, 0.4) is 0 Å². The summed E-state index contributed by atoms with van der Waals surface area (Å²) in [6.45, 7) is 7.44. The van der Waals surface area contributed by atoms with E-state index in [9.17, 15) is 0 Å². The molecule has 19 heavy (non-hydrogen) atoms. The summed E-state index contributed by atoms with van der Waals surface area (Å²) in [7, 11) is 0. The third-order valence-corrected chi connectivity index (χ3v) is 6.00. The van der Waals surface area contributed by atoms with Gasteiger partial charge in [0.25, 0.3) is 0 Å². The van der Waals surface area contributed by atoms with Gasteiger partial charge in [-0.05, 0) is 56.9 Å². The van der Waals surface area contributed by atoms with Gasteiger partial charge in [-0.2, -0.15) is 0 Å². The Morgan fingerprint density at radius 1 is 0.947 bits per heavy atom. The Bertz CT molecular complexity index is 271. The first-order valence-electron chi connectivity index (χ1n) is 8.74. The number of hydrogen-bond acceptors (Lipinski definition) is 2. The molecule has 2 bridgehead atoms. The molecular formula is C17H32N2. The Kier molecular flexibility index (Phi) is 4.48. The smallest absolute Gasteiger partial charge is 0.0125 e. The zero-order chi connectivity index (χ0) is 13.2. The normalized spacial score (nSPS) is 42.8. The van der Waals surface area contributed by atoms with E-state index in [2.05, 4.69) is 24.1 Å². The van der Waals surface area contributed by atoms with E-state index in [1.165, 1.54) is 64.5 Å². The summed E-state index contributed by atoms with van der Waals surface area (Å²) < 4.78 is 0. The van der Waals surface area contributed by atoms with Crippen LogP contribution in [0.2, 0.25) is 0 Å². The van der Waals surface area contributed by atoms with Crippen LogP contribution in [0.1, 0.15) is 65.2 Å². The van der Waals surface area contributed by atoms with Crippen molar-refractivity contribution in [1.82, 2.24) is 10.2 Å². The summed E-state index contributed by atoms with van der Waals surface area (Å²) in [5.41, 5.74) is 0. The molecule has 2 saturated heterocycles. The third kappa shape index (κ3) is 3.33. The molecule has 1 aliphatic carbocycles. The van der Waals surface area contributed by atoms with Crippen LogP contribution in [0, 0.1) is 11.8 Å². The van der Waals surface area contributed by atoms with E-state index in [0.717, 1.165) is 30.0 Å². The molecule has 2 atom stereocenters. The highest BCUT2D eigenvalue weighted by Gasteiger charge is 2.36. The van der Waals surface area contributed by atoms with E-state index in [4.69, 9.17) is 0 Å². The van der Waals surface area contributed by atoms with Crippen LogP contribution in [-0.4, -0.2) is 36.1 Å². The van der Waals surface area contributed by atoms with Crippen molar-refractivity contribution in [2.45, 2.75) is 83.3 Å².